The second-order valence-electron chi connectivity index (χ2n) is 3.66. The Bertz CT molecular complexity index is 640. The van der Waals surface area contributed by atoms with Crippen LogP contribution < -0.4 is 14.2 Å². The smallest absolute Gasteiger partial charge is 0.179 e. The van der Waals surface area contributed by atoms with Crippen LogP contribution in [0.15, 0.2) is 24.5 Å². The summed E-state index contributed by atoms with van der Waals surface area (Å²) < 4.78 is 16.4. The van der Waals surface area contributed by atoms with E-state index in [2.05, 4.69) is 9.97 Å². The number of para-hydroxylation sites is 1. The zero-order chi connectivity index (χ0) is 13.8. The van der Waals surface area contributed by atoms with Crippen molar-refractivity contribution in [3.8, 4) is 28.5 Å². The highest BCUT2D eigenvalue weighted by atomic mass is 32.1. The third kappa shape index (κ3) is 2.39. The lowest BCUT2D eigenvalue weighted by atomic mass is 10.1. The summed E-state index contributed by atoms with van der Waals surface area (Å²) in [7, 11) is 4.73. The van der Waals surface area contributed by atoms with Crippen LogP contribution >= 0.6 is 12.2 Å². The minimum atomic E-state index is 0.390. The molecule has 0 saturated carbocycles. The fourth-order valence-corrected chi connectivity index (χ4v) is 2.10. The van der Waals surface area contributed by atoms with Gasteiger partial charge in [0.1, 0.15) is 0 Å². The van der Waals surface area contributed by atoms with Crippen molar-refractivity contribution < 1.29 is 14.2 Å². The molecule has 1 heterocycles. The fraction of sp³-hybridized carbons (Fsp3) is 0.231. The Morgan fingerprint density at radius 1 is 1.05 bits per heavy atom. The fourth-order valence-electron chi connectivity index (χ4n) is 1.86. The molecule has 0 spiro atoms. The third-order valence-corrected chi connectivity index (χ3v) is 2.98. The largest absolute Gasteiger partial charge is 0.493 e. The summed E-state index contributed by atoms with van der Waals surface area (Å²) in [5.41, 5.74) is 1.51. The second-order valence-corrected chi connectivity index (χ2v) is 4.04. The standard InChI is InChI=1S/C13H14N2O3S/c1-16-9-6-4-5-8(11(9)17-2)10-12(18-3)13(19)15-7-14-10/h4-7H,1-3H3,(H,14,15,19). The van der Waals surface area contributed by atoms with Crippen molar-refractivity contribution in [3.05, 3.63) is 29.2 Å². The lowest BCUT2D eigenvalue weighted by Gasteiger charge is -2.14. The van der Waals surface area contributed by atoms with E-state index in [-0.39, 0.29) is 0 Å². The molecule has 0 saturated heterocycles. The van der Waals surface area contributed by atoms with Gasteiger partial charge in [0.05, 0.1) is 33.4 Å². The molecular formula is C13H14N2O3S. The maximum atomic E-state index is 5.41. The van der Waals surface area contributed by atoms with Crippen LogP contribution in [0.3, 0.4) is 0 Å². The molecule has 0 atom stereocenters. The van der Waals surface area contributed by atoms with Gasteiger partial charge in [-0.25, -0.2) is 4.98 Å². The van der Waals surface area contributed by atoms with Crippen molar-refractivity contribution >= 4 is 12.2 Å². The highest BCUT2D eigenvalue weighted by molar-refractivity contribution is 7.71. The quantitative estimate of drug-likeness (QED) is 0.871. The SMILES string of the molecule is COc1cccc(-c2[nH]cnc(=S)c2OC)c1OC. The molecule has 100 valence electrons. The first-order chi connectivity index (χ1) is 9.22. The molecule has 0 aliphatic heterocycles. The molecule has 2 aromatic rings. The average Bonchev–Trinajstić information content (AvgIpc) is 2.45. The number of H-pyrrole nitrogens is 1. The van der Waals surface area contributed by atoms with Crippen molar-refractivity contribution in [1.82, 2.24) is 9.97 Å². The van der Waals surface area contributed by atoms with E-state index in [1.54, 1.807) is 21.3 Å². The van der Waals surface area contributed by atoms with Crippen molar-refractivity contribution in [2.45, 2.75) is 0 Å². The van der Waals surface area contributed by atoms with E-state index < -0.39 is 0 Å². The van der Waals surface area contributed by atoms with Crippen LogP contribution in [0.25, 0.3) is 11.3 Å². The average molecular weight is 278 g/mol. The summed E-state index contributed by atoms with van der Waals surface area (Å²) >= 11 is 5.15. The Hall–Kier alpha value is -2.08. The second kappa shape index (κ2) is 5.71. The number of hydrogen-bond donors (Lipinski definition) is 1. The molecule has 5 nitrogen and oxygen atoms in total. The summed E-state index contributed by atoms with van der Waals surface area (Å²) in [6.07, 6.45) is 1.53. The van der Waals surface area contributed by atoms with Gasteiger partial charge in [-0.15, -0.1) is 0 Å². The number of benzene rings is 1. The molecule has 2 rings (SSSR count). The Kier molecular flexibility index (Phi) is 4.01. The van der Waals surface area contributed by atoms with Gasteiger partial charge >= 0.3 is 0 Å². The maximum absolute atomic E-state index is 5.41. The molecule has 0 unspecified atom stereocenters. The lowest BCUT2D eigenvalue weighted by Crippen LogP contribution is -1.98. The Labute approximate surface area is 116 Å². The zero-order valence-electron chi connectivity index (χ0n) is 10.9. The van der Waals surface area contributed by atoms with Gasteiger partial charge in [0.2, 0.25) is 0 Å². The van der Waals surface area contributed by atoms with E-state index in [1.807, 2.05) is 18.2 Å². The first-order valence-electron chi connectivity index (χ1n) is 5.56. The monoisotopic (exact) mass is 278 g/mol. The van der Waals surface area contributed by atoms with E-state index in [9.17, 15) is 0 Å². The van der Waals surface area contributed by atoms with Gasteiger partial charge in [-0.2, -0.15) is 0 Å². The number of aromatic amines is 1. The van der Waals surface area contributed by atoms with E-state index >= 15 is 0 Å². The number of aromatic nitrogens is 2. The summed E-state index contributed by atoms with van der Waals surface area (Å²) in [5, 5.41) is 0. The Morgan fingerprint density at radius 2 is 1.79 bits per heavy atom. The van der Waals surface area contributed by atoms with E-state index in [1.165, 1.54) is 6.33 Å². The van der Waals surface area contributed by atoms with Gasteiger partial charge in [0.25, 0.3) is 0 Å². The number of hydrogen-bond acceptors (Lipinski definition) is 5. The molecule has 1 aromatic carbocycles. The predicted octanol–water partition coefficient (Wildman–Crippen LogP) is 2.83. The van der Waals surface area contributed by atoms with Crippen molar-refractivity contribution in [2.75, 3.05) is 21.3 Å². The van der Waals surface area contributed by atoms with Crippen molar-refractivity contribution in [3.63, 3.8) is 0 Å². The van der Waals surface area contributed by atoms with Gasteiger partial charge in [-0.1, -0.05) is 18.3 Å². The van der Waals surface area contributed by atoms with Gasteiger partial charge in [-0.3, -0.25) is 0 Å². The minimum absolute atomic E-state index is 0.390. The first-order valence-corrected chi connectivity index (χ1v) is 5.96. The minimum Gasteiger partial charge on any atom is -0.493 e. The normalized spacial score (nSPS) is 10.1. The Balaban J connectivity index is 2.72. The van der Waals surface area contributed by atoms with Crippen LogP contribution in [-0.4, -0.2) is 31.3 Å². The van der Waals surface area contributed by atoms with E-state index in [0.29, 0.717) is 27.6 Å². The van der Waals surface area contributed by atoms with E-state index in [0.717, 1.165) is 5.56 Å². The molecule has 1 N–H and O–H groups in total. The van der Waals surface area contributed by atoms with Crippen LogP contribution in [-0.2, 0) is 0 Å². The summed E-state index contributed by atoms with van der Waals surface area (Å²) in [5.74, 6) is 1.75. The van der Waals surface area contributed by atoms with Gasteiger partial charge in [0.15, 0.2) is 21.9 Å². The number of nitrogens with one attached hydrogen (secondary N) is 1. The molecule has 0 aliphatic carbocycles. The summed E-state index contributed by atoms with van der Waals surface area (Å²) in [6, 6.07) is 5.59. The molecule has 0 bridgehead atoms. The van der Waals surface area contributed by atoms with Crippen molar-refractivity contribution in [1.29, 1.82) is 0 Å². The molecule has 6 heteroatoms. The highest BCUT2D eigenvalue weighted by Gasteiger charge is 2.16. The lowest BCUT2D eigenvalue weighted by molar-refractivity contribution is 0.355. The molecule has 1 aromatic heterocycles. The highest BCUT2D eigenvalue weighted by Crippen LogP contribution is 2.40. The molecule has 0 aliphatic rings. The van der Waals surface area contributed by atoms with Gasteiger partial charge in [0, 0.05) is 5.56 Å². The predicted molar refractivity (Wildman–Crippen MR) is 74.5 cm³/mol. The Morgan fingerprint density at radius 3 is 2.42 bits per heavy atom. The van der Waals surface area contributed by atoms with Crippen molar-refractivity contribution in [2.24, 2.45) is 0 Å². The zero-order valence-corrected chi connectivity index (χ0v) is 11.7. The summed E-state index contributed by atoms with van der Waals surface area (Å²) in [4.78, 5) is 7.03. The number of ether oxygens (including phenoxy) is 3. The third-order valence-electron chi connectivity index (χ3n) is 2.69. The van der Waals surface area contributed by atoms with Crippen LogP contribution in [0.1, 0.15) is 0 Å². The first kappa shape index (κ1) is 13.4. The van der Waals surface area contributed by atoms with Crippen LogP contribution in [0.4, 0.5) is 0 Å². The number of rotatable bonds is 4. The topological polar surface area (TPSA) is 56.4 Å². The van der Waals surface area contributed by atoms with Gasteiger partial charge < -0.3 is 19.2 Å². The van der Waals surface area contributed by atoms with Crippen LogP contribution in [0.2, 0.25) is 0 Å². The molecule has 19 heavy (non-hydrogen) atoms. The van der Waals surface area contributed by atoms with Crippen LogP contribution in [0.5, 0.6) is 17.2 Å². The van der Waals surface area contributed by atoms with E-state index in [4.69, 9.17) is 26.4 Å². The number of methoxy groups -OCH3 is 3. The number of nitrogens with zero attached hydrogens (tertiary/aromatic N) is 1. The molecule has 0 fully saturated rings. The maximum Gasteiger partial charge on any atom is 0.179 e. The van der Waals surface area contributed by atoms with Crippen LogP contribution in [0, 0.1) is 4.64 Å². The van der Waals surface area contributed by atoms with Gasteiger partial charge in [-0.05, 0) is 12.1 Å². The summed E-state index contributed by atoms with van der Waals surface area (Å²) in [6.45, 7) is 0. The molecule has 0 amide bonds. The molecule has 0 radical (unpaired) electrons. The molecular weight excluding hydrogens is 264 g/mol.